The standard InChI is InChI=1S/C30H50/c1-3-11-21(12-4-1)28-26-17-9-7-15-23(26)19-25-20-24-16-8-10-18-27(24)29(30(25)28)22-13-5-2-6-14-22/h21-30H,1-20H2. The molecule has 6 unspecified atom stereocenters. The van der Waals surface area contributed by atoms with Gasteiger partial charge in [-0.1, -0.05) is 103 Å². The molecule has 6 rings (SSSR count). The molecule has 6 aliphatic rings. The molecule has 0 aromatic heterocycles. The first kappa shape index (κ1) is 20.6. The maximum absolute atomic E-state index is 1.67. The molecular weight excluding hydrogens is 360 g/mol. The van der Waals surface area contributed by atoms with Gasteiger partial charge in [-0.2, -0.15) is 0 Å². The third kappa shape index (κ3) is 3.73. The van der Waals surface area contributed by atoms with Crippen LogP contribution in [0.25, 0.3) is 0 Å². The quantitative estimate of drug-likeness (QED) is 0.426. The molecule has 0 nitrogen and oxygen atoms in total. The normalized spacial score (nSPS) is 48.4. The molecule has 6 fully saturated rings. The molecule has 0 heterocycles. The van der Waals surface area contributed by atoms with E-state index in [-0.39, 0.29) is 0 Å². The second kappa shape index (κ2) is 9.09. The molecule has 0 heteroatoms. The van der Waals surface area contributed by atoms with Gasteiger partial charge in [-0.3, -0.25) is 0 Å². The molecule has 6 atom stereocenters. The summed E-state index contributed by atoms with van der Waals surface area (Å²) in [6.07, 6.45) is 31.9. The van der Waals surface area contributed by atoms with Gasteiger partial charge in [0.2, 0.25) is 0 Å². The summed E-state index contributed by atoms with van der Waals surface area (Å²) < 4.78 is 0. The molecule has 0 bridgehead atoms. The van der Waals surface area contributed by atoms with Gasteiger partial charge in [0.15, 0.2) is 0 Å². The van der Waals surface area contributed by atoms with Crippen LogP contribution in [-0.4, -0.2) is 0 Å². The van der Waals surface area contributed by atoms with E-state index < -0.39 is 0 Å². The third-order valence-electron chi connectivity index (χ3n) is 12.0. The van der Waals surface area contributed by atoms with Crippen LogP contribution in [0.15, 0.2) is 0 Å². The number of hydrogen-bond donors (Lipinski definition) is 0. The minimum absolute atomic E-state index is 1.13. The van der Waals surface area contributed by atoms with Crippen LogP contribution in [0.2, 0.25) is 0 Å². The summed E-state index contributed by atoms with van der Waals surface area (Å²) in [7, 11) is 0. The Bertz CT molecular complexity index is 504. The molecule has 6 aliphatic carbocycles. The van der Waals surface area contributed by atoms with Crippen molar-refractivity contribution in [3.8, 4) is 0 Å². The lowest BCUT2D eigenvalue weighted by Crippen LogP contribution is -2.55. The highest BCUT2D eigenvalue weighted by Crippen LogP contribution is 2.64. The fraction of sp³-hybridized carbons (Fsp3) is 1.00. The number of rotatable bonds is 2. The van der Waals surface area contributed by atoms with E-state index in [1.165, 1.54) is 0 Å². The molecular formula is C30H50. The van der Waals surface area contributed by atoms with Gasteiger partial charge >= 0.3 is 0 Å². The molecule has 0 amide bonds. The van der Waals surface area contributed by atoms with Crippen LogP contribution in [0.1, 0.15) is 128 Å². The van der Waals surface area contributed by atoms with Crippen LogP contribution < -0.4 is 0 Å². The summed E-state index contributed by atoms with van der Waals surface area (Å²) in [5, 5.41) is 0. The van der Waals surface area contributed by atoms with Gasteiger partial charge in [-0.05, 0) is 84.9 Å². The average Bonchev–Trinajstić information content (AvgIpc) is 2.82. The molecule has 30 heavy (non-hydrogen) atoms. The van der Waals surface area contributed by atoms with Crippen LogP contribution in [-0.2, 0) is 0 Å². The van der Waals surface area contributed by atoms with Crippen LogP contribution in [0, 0.1) is 59.2 Å². The Morgan fingerprint density at radius 3 is 1.10 bits per heavy atom. The Hall–Kier alpha value is 0. The lowest BCUT2D eigenvalue weighted by atomic mass is 9.43. The van der Waals surface area contributed by atoms with Gasteiger partial charge in [-0.15, -0.1) is 0 Å². The fourth-order valence-corrected chi connectivity index (χ4v) is 11.1. The van der Waals surface area contributed by atoms with E-state index in [2.05, 4.69) is 0 Å². The van der Waals surface area contributed by atoms with E-state index in [1.807, 2.05) is 0 Å². The first-order valence-electron chi connectivity index (χ1n) is 14.9. The van der Waals surface area contributed by atoms with Crippen LogP contribution >= 0.6 is 0 Å². The zero-order chi connectivity index (χ0) is 19.9. The molecule has 0 N–H and O–H groups in total. The minimum atomic E-state index is 1.13. The molecule has 0 spiro atoms. The Kier molecular flexibility index (Phi) is 6.24. The smallest absolute Gasteiger partial charge is 0.0318 e. The Balaban J connectivity index is 1.37. The van der Waals surface area contributed by atoms with E-state index in [9.17, 15) is 0 Å². The van der Waals surface area contributed by atoms with Crippen molar-refractivity contribution in [1.29, 1.82) is 0 Å². The fourth-order valence-electron chi connectivity index (χ4n) is 11.1. The molecule has 0 radical (unpaired) electrons. The van der Waals surface area contributed by atoms with Crippen LogP contribution in [0.3, 0.4) is 0 Å². The van der Waals surface area contributed by atoms with Crippen molar-refractivity contribution in [3.05, 3.63) is 0 Å². The second-order valence-electron chi connectivity index (χ2n) is 13.2. The predicted molar refractivity (Wildman–Crippen MR) is 127 cm³/mol. The van der Waals surface area contributed by atoms with Crippen LogP contribution in [0.5, 0.6) is 0 Å². The highest BCUT2D eigenvalue weighted by atomic mass is 14.6. The lowest BCUT2D eigenvalue weighted by molar-refractivity contribution is -0.132. The van der Waals surface area contributed by atoms with Crippen molar-refractivity contribution in [2.75, 3.05) is 0 Å². The SMILES string of the molecule is C1CCC(C2C3CCCCC3CC3CC4CCCCC4C(C4CCCCC4)C32)CC1. The van der Waals surface area contributed by atoms with Crippen molar-refractivity contribution in [2.45, 2.75) is 128 Å². The first-order chi connectivity index (χ1) is 14.9. The Morgan fingerprint density at radius 2 is 0.633 bits per heavy atom. The minimum Gasteiger partial charge on any atom is -0.0533 e. The zero-order valence-corrected chi connectivity index (χ0v) is 19.9. The third-order valence-corrected chi connectivity index (χ3v) is 12.0. The molecule has 0 aliphatic heterocycles. The second-order valence-corrected chi connectivity index (χ2v) is 13.2. The molecule has 6 saturated carbocycles. The lowest BCUT2D eigenvalue weighted by Gasteiger charge is -2.62. The Labute approximate surface area is 187 Å². The van der Waals surface area contributed by atoms with E-state index >= 15 is 0 Å². The highest BCUT2D eigenvalue weighted by molar-refractivity contribution is 5.05. The zero-order valence-electron chi connectivity index (χ0n) is 19.9. The molecule has 0 saturated heterocycles. The summed E-state index contributed by atoms with van der Waals surface area (Å²) >= 11 is 0. The number of hydrogen-bond acceptors (Lipinski definition) is 0. The highest BCUT2D eigenvalue weighted by Gasteiger charge is 2.56. The monoisotopic (exact) mass is 410 g/mol. The van der Waals surface area contributed by atoms with Gasteiger partial charge in [0, 0.05) is 0 Å². The van der Waals surface area contributed by atoms with Crippen LogP contribution in [0.4, 0.5) is 0 Å². The van der Waals surface area contributed by atoms with E-state index in [4.69, 9.17) is 0 Å². The van der Waals surface area contributed by atoms with Crippen molar-refractivity contribution in [1.82, 2.24) is 0 Å². The summed E-state index contributed by atoms with van der Waals surface area (Å²) in [6.45, 7) is 0. The summed E-state index contributed by atoms with van der Waals surface area (Å²) in [4.78, 5) is 0. The average molecular weight is 411 g/mol. The Morgan fingerprint density at radius 1 is 0.267 bits per heavy atom. The van der Waals surface area contributed by atoms with Gasteiger partial charge in [0.05, 0.1) is 0 Å². The van der Waals surface area contributed by atoms with Gasteiger partial charge in [0.25, 0.3) is 0 Å². The van der Waals surface area contributed by atoms with E-state index in [0.29, 0.717) is 0 Å². The van der Waals surface area contributed by atoms with Crippen molar-refractivity contribution in [3.63, 3.8) is 0 Å². The predicted octanol–water partition coefficient (Wildman–Crippen LogP) is 9.03. The summed E-state index contributed by atoms with van der Waals surface area (Å²) in [5.41, 5.74) is 0. The maximum atomic E-state index is 1.67. The van der Waals surface area contributed by atoms with Crippen molar-refractivity contribution in [2.24, 2.45) is 59.2 Å². The van der Waals surface area contributed by atoms with Gasteiger partial charge < -0.3 is 0 Å². The van der Waals surface area contributed by atoms with Crippen molar-refractivity contribution < 1.29 is 0 Å². The molecule has 0 aromatic rings. The maximum Gasteiger partial charge on any atom is -0.0318 e. The number of fused-ring (bicyclic) bond motifs is 3. The summed E-state index contributed by atoms with van der Waals surface area (Å²) in [5.74, 6) is 11.4. The topological polar surface area (TPSA) is 0 Å². The molecule has 0 aromatic carbocycles. The van der Waals surface area contributed by atoms with Crippen molar-refractivity contribution >= 4 is 0 Å². The van der Waals surface area contributed by atoms with E-state index in [0.717, 1.165) is 59.2 Å². The van der Waals surface area contributed by atoms with Gasteiger partial charge in [0.1, 0.15) is 0 Å². The summed E-state index contributed by atoms with van der Waals surface area (Å²) in [6, 6.07) is 0. The van der Waals surface area contributed by atoms with E-state index in [1.54, 1.807) is 128 Å². The molecule has 170 valence electrons. The first-order valence-corrected chi connectivity index (χ1v) is 14.9. The van der Waals surface area contributed by atoms with Gasteiger partial charge in [-0.25, -0.2) is 0 Å². The largest absolute Gasteiger partial charge is 0.0533 e.